The standard InChI is InChI=1S/C20H32N4O4/c1-19(2,3)28-18(27)24-13(12-21-17(26)14-9-10-22-23-14)11-20(4)15(24)7-5-6-8-16(20)25/h9-10,13,15-16,25H,5-8,11-12H2,1-4H3,(H,21,26)(H,22,23)/t13-,15-,16+,20-/m1/s1. The van der Waals surface area contributed by atoms with Crippen molar-refractivity contribution in [3.8, 4) is 0 Å². The third-order valence-corrected chi connectivity index (χ3v) is 5.98. The summed E-state index contributed by atoms with van der Waals surface area (Å²) in [5, 5.41) is 20.1. The Hall–Kier alpha value is -2.09. The van der Waals surface area contributed by atoms with E-state index < -0.39 is 17.1 Å². The van der Waals surface area contributed by atoms with Crippen LogP contribution in [-0.2, 0) is 4.74 Å². The summed E-state index contributed by atoms with van der Waals surface area (Å²) in [5.74, 6) is -0.264. The number of ether oxygens (including phenoxy) is 1. The van der Waals surface area contributed by atoms with Crippen LogP contribution in [-0.4, -0.2) is 62.5 Å². The number of carbonyl (C=O) groups is 2. The van der Waals surface area contributed by atoms with Gasteiger partial charge in [-0.3, -0.25) is 14.8 Å². The van der Waals surface area contributed by atoms with E-state index in [1.807, 2.05) is 20.8 Å². The molecule has 8 heteroatoms. The molecule has 3 N–H and O–H groups in total. The molecule has 1 saturated heterocycles. The van der Waals surface area contributed by atoms with E-state index in [9.17, 15) is 14.7 Å². The van der Waals surface area contributed by atoms with Gasteiger partial charge in [-0.05, 0) is 46.1 Å². The maximum absolute atomic E-state index is 13.1. The molecule has 28 heavy (non-hydrogen) atoms. The number of H-pyrrole nitrogens is 1. The Morgan fingerprint density at radius 2 is 2.11 bits per heavy atom. The molecule has 0 spiro atoms. The number of hydrogen-bond donors (Lipinski definition) is 3. The van der Waals surface area contributed by atoms with Gasteiger partial charge in [0.15, 0.2) is 0 Å². The van der Waals surface area contributed by atoms with E-state index in [1.54, 1.807) is 11.0 Å². The number of fused-ring (bicyclic) bond motifs is 1. The van der Waals surface area contributed by atoms with Gasteiger partial charge >= 0.3 is 6.09 Å². The Morgan fingerprint density at radius 3 is 2.75 bits per heavy atom. The fourth-order valence-corrected chi connectivity index (χ4v) is 4.60. The van der Waals surface area contributed by atoms with E-state index in [1.165, 1.54) is 6.20 Å². The molecule has 0 unspecified atom stereocenters. The molecule has 2 aliphatic rings. The first-order chi connectivity index (χ1) is 13.1. The third kappa shape index (κ3) is 4.16. The number of rotatable bonds is 3. The molecule has 1 aromatic rings. The highest BCUT2D eigenvalue weighted by molar-refractivity contribution is 5.92. The van der Waals surface area contributed by atoms with Crippen LogP contribution < -0.4 is 5.32 Å². The topological polar surface area (TPSA) is 108 Å². The Morgan fingerprint density at radius 1 is 1.39 bits per heavy atom. The van der Waals surface area contributed by atoms with Gasteiger partial charge in [0, 0.05) is 24.2 Å². The highest BCUT2D eigenvalue weighted by Crippen LogP contribution is 2.48. The summed E-state index contributed by atoms with van der Waals surface area (Å²) in [5.41, 5.74) is -0.637. The smallest absolute Gasteiger partial charge is 0.410 e. The van der Waals surface area contributed by atoms with Crippen LogP contribution in [0.1, 0.15) is 70.3 Å². The van der Waals surface area contributed by atoms with E-state index in [2.05, 4.69) is 22.4 Å². The van der Waals surface area contributed by atoms with Crippen molar-refractivity contribution in [1.29, 1.82) is 0 Å². The monoisotopic (exact) mass is 392 g/mol. The van der Waals surface area contributed by atoms with Crippen molar-refractivity contribution < 1.29 is 19.4 Å². The lowest BCUT2D eigenvalue weighted by Gasteiger charge is -2.37. The molecule has 8 nitrogen and oxygen atoms in total. The van der Waals surface area contributed by atoms with Crippen LogP contribution in [0.15, 0.2) is 12.3 Å². The van der Waals surface area contributed by atoms with Crippen LogP contribution in [0.5, 0.6) is 0 Å². The van der Waals surface area contributed by atoms with Crippen molar-refractivity contribution in [3.05, 3.63) is 18.0 Å². The maximum atomic E-state index is 13.1. The molecule has 3 rings (SSSR count). The van der Waals surface area contributed by atoms with Gasteiger partial charge in [0.2, 0.25) is 0 Å². The molecule has 1 saturated carbocycles. The van der Waals surface area contributed by atoms with Crippen LogP contribution in [0.4, 0.5) is 4.79 Å². The van der Waals surface area contributed by atoms with Gasteiger partial charge in [0.25, 0.3) is 5.91 Å². The van der Waals surface area contributed by atoms with Gasteiger partial charge in [0.05, 0.1) is 12.1 Å². The normalized spacial score (nSPS) is 30.5. The minimum Gasteiger partial charge on any atom is -0.444 e. The second-order valence-electron chi connectivity index (χ2n) is 9.25. The second-order valence-corrected chi connectivity index (χ2v) is 9.25. The van der Waals surface area contributed by atoms with Crippen molar-refractivity contribution >= 4 is 12.0 Å². The Bertz CT molecular complexity index is 700. The number of carbonyl (C=O) groups excluding carboxylic acids is 2. The van der Waals surface area contributed by atoms with Gasteiger partial charge < -0.3 is 15.2 Å². The van der Waals surface area contributed by atoms with Gasteiger partial charge in [-0.2, -0.15) is 5.10 Å². The number of aliphatic hydroxyl groups is 1. The summed E-state index contributed by atoms with van der Waals surface area (Å²) >= 11 is 0. The molecular formula is C20H32N4O4. The van der Waals surface area contributed by atoms with E-state index in [-0.39, 0.29) is 24.1 Å². The zero-order chi connectivity index (χ0) is 20.5. The number of aromatic amines is 1. The summed E-state index contributed by atoms with van der Waals surface area (Å²) < 4.78 is 5.68. The molecule has 1 aliphatic heterocycles. The molecule has 1 aromatic heterocycles. The summed E-state index contributed by atoms with van der Waals surface area (Å²) in [7, 11) is 0. The molecule has 0 radical (unpaired) electrons. The summed E-state index contributed by atoms with van der Waals surface area (Å²) in [6, 6.07) is 1.27. The van der Waals surface area contributed by atoms with Crippen LogP contribution in [0.2, 0.25) is 0 Å². The lowest BCUT2D eigenvalue weighted by Crippen LogP contribution is -2.50. The number of aromatic nitrogens is 2. The largest absolute Gasteiger partial charge is 0.444 e. The Kier molecular flexibility index (Phi) is 5.70. The van der Waals surface area contributed by atoms with Gasteiger partial charge in [-0.15, -0.1) is 0 Å². The minimum absolute atomic E-state index is 0.103. The molecule has 2 heterocycles. The van der Waals surface area contributed by atoms with Crippen LogP contribution in [0.25, 0.3) is 0 Å². The van der Waals surface area contributed by atoms with Crippen LogP contribution >= 0.6 is 0 Å². The molecule has 0 bridgehead atoms. The fourth-order valence-electron chi connectivity index (χ4n) is 4.60. The minimum atomic E-state index is -0.608. The van der Waals surface area contributed by atoms with Crippen molar-refractivity contribution in [2.75, 3.05) is 6.54 Å². The first-order valence-electron chi connectivity index (χ1n) is 10.1. The van der Waals surface area contributed by atoms with Crippen molar-refractivity contribution in [2.24, 2.45) is 5.41 Å². The van der Waals surface area contributed by atoms with Gasteiger partial charge in [0.1, 0.15) is 11.3 Å². The van der Waals surface area contributed by atoms with Gasteiger partial charge in [-0.25, -0.2) is 4.79 Å². The van der Waals surface area contributed by atoms with Gasteiger partial charge in [-0.1, -0.05) is 19.8 Å². The quantitative estimate of drug-likeness (QED) is 0.732. The first kappa shape index (κ1) is 20.6. The predicted octanol–water partition coefficient (Wildman–Crippen LogP) is 2.46. The molecule has 4 atom stereocenters. The Balaban J connectivity index is 1.81. The number of nitrogens with zero attached hydrogens (tertiary/aromatic N) is 2. The number of hydrogen-bond acceptors (Lipinski definition) is 5. The average Bonchev–Trinajstić information content (AvgIpc) is 3.19. The summed E-state index contributed by atoms with van der Waals surface area (Å²) in [6.07, 6.45) is 4.78. The van der Waals surface area contributed by atoms with Crippen molar-refractivity contribution in [1.82, 2.24) is 20.4 Å². The fraction of sp³-hybridized carbons (Fsp3) is 0.750. The van der Waals surface area contributed by atoms with Crippen LogP contribution in [0.3, 0.4) is 0 Å². The van der Waals surface area contributed by atoms with Crippen LogP contribution in [0, 0.1) is 5.41 Å². The van der Waals surface area contributed by atoms with E-state index in [0.29, 0.717) is 18.7 Å². The molecule has 2 amide bonds. The summed E-state index contributed by atoms with van der Waals surface area (Å²) in [4.78, 5) is 27.1. The molecule has 1 aliphatic carbocycles. The molecule has 2 fully saturated rings. The SMILES string of the molecule is CC(C)(C)OC(=O)N1[C@@H](CNC(=O)c2ccn[nH]2)C[C@@]2(C)[C@@H](O)CCCC[C@@H]12. The highest BCUT2D eigenvalue weighted by atomic mass is 16.6. The zero-order valence-corrected chi connectivity index (χ0v) is 17.2. The molecule has 156 valence electrons. The van der Waals surface area contributed by atoms with Crippen molar-refractivity contribution in [2.45, 2.75) is 83.6 Å². The van der Waals surface area contributed by atoms with E-state index >= 15 is 0 Å². The predicted molar refractivity (Wildman–Crippen MR) is 104 cm³/mol. The number of nitrogens with one attached hydrogen (secondary N) is 2. The van der Waals surface area contributed by atoms with E-state index in [4.69, 9.17) is 4.74 Å². The van der Waals surface area contributed by atoms with Crippen molar-refractivity contribution in [3.63, 3.8) is 0 Å². The maximum Gasteiger partial charge on any atom is 0.410 e. The zero-order valence-electron chi connectivity index (χ0n) is 17.2. The Labute approximate surface area is 166 Å². The lowest BCUT2D eigenvalue weighted by molar-refractivity contribution is -0.00901. The average molecular weight is 393 g/mol. The second kappa shape index (κ2) is 7.73. The number of likely N-dealkylation sites (tertiary alicyclic amines) is 1. The molecular weight excluding hydrogens is 360 g/mol. The third-order valence-electron chi connectivity index (χ3n) is 5.98. The number of amides is 2. The summed E-state index contributed by atoms with van der Waals surface area (Å²) in [6.45, 7) is 7.89. The lowest BCUT2D eigenvalue weighted by atomic mass is 9.75. The highest BCUT2D eigenvalue weighted by Gasteiger charge is 2.55. The number of aliphatic hydroxyl groups excluding tert-OH is 1. The first-order valence-corrected chi connectivity index (χ1v) is 10.1. The van der Waals surface area contributed by atoms with E-state index in [0.717, 1.165) is 25.7 Å². The molecule has 0 aromatic carbocycles.